The minimum Gasteiger partial charge on any atom is -0.392 e. The van der Waals surface area contributed by atoms with E-state index in [2.05, 4.69) is 20.1 Å². The first-order valence-electron chi connectivity index (χ1n) is 4.10. The Morgan fingerprint density at radius 2 is 1.87 bits per heavy atom. The number of rotatable bonds is 4. The topological polar surface area (TPSA) is 118 Å². The van der Waals surface area contributed by atoms with Crippen LogP contribution < -0.4 is 0 Å². The summed E-state index contributed by atoms with van der Waals surface area (Å²) in [4.78, 5) is 5.26. The quantitative estimate of drug-likeness (QED) is 0.452. The van der Waals surface area contributed by atoms with Crippen molar-refractivity contribution in [1.82, 2.24) is 0 Å². The standard InChI is InChI=1S/C8H8N6O/c9-13-11-4-6-1-7(5-15)3-8(2-6)12-14-10/h1-3,15H,4-5H2. The lowest BCUT2D eigenvalue weighted by atomic mass is 10.1. The van der Waals surface area contributed by atoms with Gasteiger partial charge in [-0.2, -0.15) is 0 Å². The molecule has 0 aliphatic heterocycles. The molecule has 0 aromatic heterocycles. The second-order valence-corrected chi connectivity index (χ2v) is 2.74. The molecule has 0 heterocycles. The molecule has 0 aliphatic carbocycles. The molecule has 1 N–H and O–H groups in total. The maximum absolute atomic E-state index is 8.94. The largest absolute Gasteiger partial charge is 0.392 e. The maximum Gasteiger partial charge on any atom is 0.0682 e. The van der Waals surface area contributed by atoms with E-state index < -0.39 is 0 Å². The van der Waals surface area contributed by atoms with E-state index in [0.717, 1.165) is 0 Å². The summed E-state index contributed by atoms with van der Waals surface area (Å²) in [6.07, 6.45) is 0. The summed E-state index contributed by atoms with van der Waals surface area (Å²) in [6.45, 7) is 0.0103. The van der Waals surface area contributed by atoms with Gasteiger partial charge in [0, 0.05) is 15.5 Å². The normalized spacial score (nSPS) is 8.87. The third-order valence-corrected chi connectivity index (χ3v) is 1.70. The lowest BCUT2D eigenvalue weighted by Gasteiger charge is -2.02. The molecule has 0 spiro atoms. The van der Waals surface area contributed by atoms with Gasteiger partial charge in [0.1, 0.15) is 0 Å². The average Bonchev–Trinajstić information content (AvgIpc) is 2.26. The van der Waals surface area contributed by atoms with Gasteiger partial charge in [-0.25, -0.2) is 0 Å². The number of azide groups is 2. The van der Waals surface area contributed by atoms with Gasteiger partial charge in [-0.3, -0.25) is 0 Å². The molecule has 15 heavy (non-hydrogen) atoms. The van der Waals surface area contributed by atoms with Crippen LogP contribution >= 0.6 is 0 Å². The third kappa shape index (κ3) is 3.21. The molecule has 1 rings (SSSR count). The van der Waals surface area contributed by atoms with Crippen LogP contribution in [0.1, 0.15) is 11.1 Å². The van der Waals surface area contributed by atoms with Crippen LogP contribution in [0.15, 0.2) is 28.4 Å². The SMILES string of the molecule is [N-]=[N+]=NCc1cc(CO)cc(N=[N+]=[N-])c1. The lowest BCUT2D eigenvalue weighted by molar-refractivity contribution is 0.282. The molecule has 0 bridgehead atoms. The van der Waals surface area contributed by atoms with E-state index >= 15 is 0 Å². The van der Waals surface area contributed by atoms with Crippen LogP contribution in [0, 0.1) is 0 Å². The van der Waals surface area contributed by atoms with E-state index in [9.17, 15) is 0 Å². The van der Waals surface area contributed by atoms with Gasteiger partial charge in [0.2, 0.25) is 0 Å². The van der Waals surface area contributed by atoms with Gasteiger partial charge in [-0.15, -0.1) is 0 Å². The zero-order valence-electron chi connectivity index (χ0n) is 7.78. The van der Waals surface area contributed by atoms with E-state index in [1.807, 2.05) is 0 Å². The zero-order chi connectivity index (χ0) is 11.1. The van der Waals surface area contributed by atoms with E-state index in [0.29, 0.717) is 16.8 Å². The van der Waals surface area contributed by atoms with Gasteiger partial charge >= 0.3 is 0 Å². The predicted octanol–water partition coefficient (Wildman–Crippen LogP) is 2.93. The molecule has 0 unspecified atom stereocenters. The fraction of sp³-hybridized carbons (Fsp3) is 0.250. The van der Waals surface area contributed by atoms with Gasteiger partial charge in [-0.1, -0.05) is 16.3 Å². The predicted molar refractivity (Wildman–Crippen MR) is 54.0 cm³/mol. The van der Waals surface area contributed by atoms with Crippen LogP contribution in [0.5, 0.6) is 0 Å². The highest BCUT2D eigenvalue weighted by Crippen LogP contribution is 2.19. The Balaban J connectivity index is 3.09. The Labute approximate surface area is 85.2 Å². The number of hydrogen-bond donors (Lipinski definition) is 1. The summed E-state index contributed by atoms with van der Waals surface area (Å²) in [5, 5.41) is 15.7. The van der Waals surface area contributed by atoms with Crippen LogP contribution in [0.4, 0.5) is 5.69 Å². The Kier molecular flexibility index (Phi) is 4.00. The molecule has 0 amide bonds. The summed E-state index contributed by atoms with van der Waals surface area (Å²) < 4.78 is 0. The van der Waals surface area contributed by atoms with Gasteiger partial charge in [0.25, 0.3) is 0 Å². The number of hydrogen-bond acceptors (Lipinski definition) is 3. The van der Waals surface area contributed by atoms with Gasteiger partial charge < -0.3 is 5.11 Å². The smallest absolute Gasteiger partial charge is 0.0682 e. The molecular weight excluding hydrogens is 196 g/mol. The van der Waals surface area contributed by atoms with Crippen LogP contribution in [0.25, 0.3) is 20.9 Å². The average molecular weight is 204 g/mol. The molecule has 0 aliphatic rings. The highest BCUT2D eigenvalue weighted by atomic mass is 16.3. The second kappa shape index (κ2) is 5.51. The Morgan fingerprint density at radius 3 is 2.47 bits per heavy atom. The highest BCUT2D eigenvalue weighted by Gasteiger charge is 1.98. The monoisotopic (exact) mass is 204 g/mol. The first-order chi connectivity index (χ1) is 7.30. The summed E-state index contributed by atoms with van der Waals surface area (Å²) in [7, 11) is 0. The summed E-state index contributed by atoms with van der Waals surface area (Å²) in [5.41, 5.74) is 18.1. The van der Waals surface area contributed by atoms with Crippen LogP contribution in [0.3, 0.4) is 0 Å². The van der Waals surface area contributed by atoms with Gasteiger partial charge in [0.05, 0.1) is 13.2 Å². The molecule has 0 fully saturated rings. The van der Waals surface area contributed by atoms with Gasteiger partial charge in [0.15, 0.2) is 0 Å². The molecular formula is C8H8N6O. The molecule has 7 nitrogen and oxygen atoms in total. The minimum absolute atomic E-state index is 0.155. The summed E-state index contributed by atoms with van der Waals surface area (Å²) in [5.74, 6) is 0. The summed E-state index contributed by atoms with van der Waals surface area (Å²) >= 11 is 0. The van der Waals surface area contributed by atoms with Crippen molar-refractivity contribution < 1.29 is 5.11 Å². The highest BCUT2D eigenvalue weighted by molar-refractivity contribution is 5.43. The van der Waals surface area contributed by atoms with Crippen LogP contribution in [-0.4, -0.2) is 5.11 Å². The molecule has 76 valence electrons. The van der Waals surface area contributed by atoms with Crippen molar-refractivity contribution in [2.75, 3.05) is 0 Å². The third-order valence-electron chi connectivity index (χ3n) is 1.70. The van der Waals surface area contributed by atoms with Gasteiger partial charge in [-0.05, 0) is 34.3 Å². The summed E-state index contributed by atoms with van der Waals surface area (Å²) in [6, 6.07) is 4.86. The number of benzene rings is 1. The van der Waals surface area contributed by atoms with Crippen molar-refractivity contribution in [1.29, 1.82) is 0 Å². The van der Waals surface area contributed by atoms with Crippen molar-refractivity contribution in [3.8, 4) is 0 Å². The number of aliphatic hydroxyl groups excluding tert-OH is 1. The van der Waals surface area contributed by atoms with Crippen molar-refractivity contribution >= 4 is 5.69 Å². The van der Waals surface area contributed by atoms with Crippen molar-refractivity contribution in [2.45, 2.75) is 13.2 Å². The van der Waals surface area contributed by atoms with Crippen molar-refractivity contribution in [2.24, 2.45) is 10.2 Å². The molecule has 0 radical (unpaired) electrons. The van der Waals surface area contributed by atoms with Crippen LogP contribution in [0.2, 0.25) is 0 Å². The molecule has 1 aromatic carbocycles. The van der Waals surface area contributed by atoms with E-state index in [1.54, 1.807) is 18.2 Å². The molecule has 7 heteroatoms. The molecule has 0 atom stereocenters. The first-order valence-corrected chi connectivity index (χ1v) is 4.10. The van der Waals surface area contributed by atoms with Crippen LogP contribution in [-0.2, 0) is 13.2 Å². The van der Waals surface area contributed by atoms with Crippen molar-refractivity contribution in [3.05, 3.63) is 50.2 Å². The first kappa shape index (κ1) is 10.9. The van der Waals surface area contributed by atoms with E-state index in [4.69, 9.17) is 16.2 Å². The lowest BCUT2D eigenvalue weighted by Crippen LogP contribution is -1.87. The maximum atomic E-state index is 8.94. The zero-order valence-corrected chi connectivity index (χ0v) is 7.78. The number of aliphatic hydroxyl groups is 1. The minimum atomic E-state index is -0.155. The number of nitrogens with zero attached hydrogens (tertiary/aromatic N) is 6. The van der Waals surface area contributed by atoms with E-state index in [-0.39, 0.29) is 13.2 Å². The Morgan fingerprint density at radius 1 is 1.13 bits per heavy atom. The van der Waals surface area contributed by atoms with Crippen molar-refractivity contribution in [3.63, 3.8) is 0 Å². The molecule has 0 saturated heterocycles. The molecule has 1 aromatic rings. The molecule has 0 saturated carbocycles. The van der Waals surface area contributed by atoms with E-state index in [1.165, 1.54) is 0 Å². The Hall–Kier alpha value is -2.20. The fourth-order valence-corrected chi connectivity index (χ4v) is 1.15. The second-order valence-electron chi connectivity index (χ2n) is 2.74. The Bertz CT molecular complexity index is 444. The fourth-order valence-electron chi connectivity index (χ4n) is 1.15.